The summed E-state index contributed by atoms with van der Waals surface area (Å²) in [6.45, 7) is 9.85. The lowest BCUT2D eigenvalue weighted by molar-refractivity contribution is 0.0664. The van der Waals surface area contributed by atoms with Gasteiger partial charge in [-0.1, -0.05) is 6.07 Å². The van der Waals surface area contributed by atoms with Crippen molar-refractivity contribution in [3.63, 3.8) is 0 Å². The van der Waals surface area contributed by atoms with Crippen molar-refractivity contribution in [3.05, 3.63) is 29.5 Å². The number of carboxylic acid groups (broad SMARTS) is 1. The lowest BCUT2D eigenvalue weighted by atomic mass is 10.1. The van der Waals surface area contributed by atoms with E-state index in [0.29, 0.717) is 23.5 Å². The third-order valence-corrected chi connectivity index (χ3v) is 3.84. The molecule has 0 aliphatic carbocycles. The van der Waals surface area contributed by atoms with Crippen molar-refractivity contribution < 1.29 is 19.1 Å². The molecular formula is C19H27NO4. The fraction of sp³-hybridized carbons (Fsp3) is 0.526. The number of rotatable bonds is 8. The Kier molecular flexibility index (Phi) is 5.89. The summed E-state index contributed by atoms with van der Waals surface area (Å²) in [5.41, 5.74) is 1.33. The average Bonchev–Trinajstić information content (AvgIpc) is 2.83. The summed E-state index contributed by atoms with van der Waals surface area (Å²) in [6, 6.07) is 5.44. The molecule has 1 aromatic heterocycles. The molecule has 2 N–H and O–H groups in total. The molecule has 0 amide bonds. The van der Waals surface area contributed by atoms with Crippen LogP contribution in [0.4, 0.5) is 0 Å². The highest BCUT2D eigenvalue weighted by Gasteiger charge is 2.19. The summed E-state index contributed by atoms with van der Waals surface area (Å²) >= 11 is 0. The highest BCUT2D eigenvalue weighted by Crippen LogP contribution is 2.33. The Morgan fingerprint density at radius 3 is 2.67 bits per heavy atom. The molecule has 5 heteroatoms. The van der Waals surface area contributed by atoms with E-state index in [-0.39, 0.29) is 11.3 Å². The number of nitrogens with one attached hydrogen (secondary N) is 1. The monoisotopic (exact) mass is 333 g/mol. The van der Waals surface area contributed by atoms with Gasteiger partial charge in [-0.05, 0) is 65.6 Å². The zero-order valence-corrected chi connectivity index (χ0v) is 14.9. The smallest absolute Gasteiger partial charge is 0.372 e. The Hall–Kier alpha value is -2.01. The highest BCUT2D eigenvalue weighted by molar-refractivity contribution is 5.97. The van der Waals surface area contributed by atoms with Gasteiger partial charge in [0.1, 0.15) is 11.3 Å². The van der Waals surface area contributed by atoms with Gasteiger partial charge in [0.05, 0.1) is 12.0 Å². The largest absolute Gasteiger partial charge is 0.493 e. The lowest BCUT2D eigenvalue weighted by Gasteiger charge is -2.20. The molecule has 0 atom stereocenters. The molecule has 2 rings (SSSR count). The van der Waals surface area contributed by atoms with E-state index in [0.717, 1.165) is 31.2 Å². The number of fused-ring (bicyclic) bond motifs is 1. The molecule has 0 bridgehead atoms. The molecule has 0 fully saturated rings. The summed E-state index contributed by atoms with van der Waals surface area (Å²) in [7, 11) is 0. The Morgan fingerprint density at radius 2 is 2.00 bits per heavy atom. The van der Waals surface area contributed by atoms with Crippen LogP contribution in [0.5, 0.6) is 5.75 Å². The number of carbonyl (C=O) groups is 1. The molecule has 0 radical (unpaired) electrons. The number of ether oxygens (including phenoxy) is 1. The molecule has 0 saturated heterocycles. The fourth-order valence-electron chi connectivity index (χ4n) is 2.64. The molecule has 24 heavy (non-hydrogen) atoms. The third-order valence-electron chi connectivity index (χ3n) is 3.84. The van der Waals surface area contributed by atoms with Gasteiger partial charge in [-0.2, -0.15) is 0 Å². The van der Waals surface area contributed by atoms with Gasteiger partial charge in [0.15, 0.2) is 0 Å². The summed E-state index contributed by atoms with van der Waals surface area (Å²) in [4.78, 5) is 11.2. The summed E-state index contributed by atoms with van der Waals surface area (Å²) in [5, 5.41) is 13.4. The summed E-state index contributed by atoms with van der Waals surface area (Å²) in [5.74, 6) is -0.385. The molecule has 0 aliphatic rings. The van der Waals surface area contributed by atoms with E-state index in [1.165, 1.54) is 0 Å². The van der Waals surface area contributed by atoms with Crippen LogP contribution in [0.25, 0.3) is 11.0 Å². The van der Waals surface area contributed by atoms with Crippen molar-refractivity contribution in [1.29, 1.82) is 0 Å². The number of unbranched alkanes of at least 4 members (excludes halogenated alkanes) is 2. The number of hydrogen-bond acceptors (Lipinski definition) is 4. The van der Waals surface area contributed by atoms with E-state index in [2.05, 4.69) is 26.1 Å². The molecule has 0 unspecified atom stereocenters. The Balaban J connectivity index is 1.88. The fourth-order valence-corrected chi connectivity index (χ4v) is 2.64. The first kappa shape index (κ1) is 18.3. The topological polar surface area (TPSA) is 71.7 Å². The van der Waals surface area contributed by atoms with Crippen LogP contribution in [0.2, 0.25) is 0 Å². The maximum atomic E-state index is 11.2. The molecule has 0 spiro atoms. The van der Waals surface area contributed by atoms with Crippen LogP contribution in [0.15, 0.2) is 22.6 Å². The van der Waals surface area contributed by atoms with Crippen molar-refractivity contribution in [3.8, 4) is 5.75 Å². The second kappa shape index (κ2) is 7.71. The van der Waals surface area contributed by atoms with Crippen LogP contribution < -0.4 is 10.1 Å². The summed E-state index contributed by atoms with van der Waals surface area (Å²) < 4.78 is 11.3. The van der Waals surface area contributed by atoms with E-state index >= 15 is 0 Å². The Labute approximate surface area is 143 Å². The SMILES string of the molecule is Cc1c(C(=O)O)oc2cccc(OCCCCCNC(C)(C)C)c12. The first-order chi connectivity index (χ1) is 11.3. The van der Waals surface area contributed by atoms with Crippen LogP contribution in [0, 0.1) is 6.92 Å². The number of aromatic carboxylic acids is 1. The van der Waals surface area contributed by atoms with Gasteiger partial charge >= 0.3 is 5.97 Å². The van der Waals surface area contributed by atoms with Gasteiger partial charge in [-0.15, -0.1) is 0 Å². The first-order valence-corrected chi connectivity index (χ1v) is 8.43. The predicted molar refractivity (Wildman–Crippen MR) is 95.0 cm³/mol. The van der Waals surface area contributed by atoms with E-state index in [4.69, 9.17) is 9.15 Å². The molecule has 0 aliphatic heterocycles. The van der Waals surface area contributed by atoms with E-state index in [9.17, 15) is 9.90 Å². The van der Waals surface area contributed by atoms with E-state index in [1.54, 1.807) is 13.0 Å². The molecule has 1 aromatic carbocycles. The van der Waals surface area contributed by atoms with Crippen molar-refractivity contribution in [2.24, 2.45) is 0 Å². The zero-order valence-electron chi connectivity index (χ0n) is 14.9. The number of carboxylic acids is 1. The molecular weight excluding hydrogens is 306 g/mol. The minimum absolute atomic E-state index is 0.0192. The van der Waals surface area contributed by atoms with Crippen molar-refractivity contribution in [1.82, 2.24) is 5.32 Å². The van der Waals surface area contributed by atoms with Crippen molar-refractivity contribution in [2.75, 3.05) is 13.2 Å². The molecule has 0 saturated carbocycles. The summed E-state index contributed by atoms with van der Waals surface area (Å²) in [6.07, 6.45) is 3.16. The van der Waals surface area contributed by atoms with E-state index < -0.39 is 5.97 Å². The number of aryl methyl sites for hydroxylation is 1. The van der Waals surface area contributed by atoms with Gasteiger partial charge in [-0.3, -0.25) is 0 Å². The van der Waals surface area contributed by atoms with Crippen LogP contribution in [-0.2, 0) is 0 Å². The van der Waals surface area contributed by atoms with Gasteiger partial charge in [0.2, 0.25) is 5.76 Å². The molecule has 132 valence electrons. The molecule has 5 nitrogen and oxygen atoms in total. The van der Waals surface area contributed by atoms with Crippen molar-refractivity contribution in [2.45, 2.75) is 52.5 Å². The van der Waals surface area contributed by atoms with Crippen LogP contribution in [0.1, 0.15) is 56.2 Å². The number of furan rings is 1. The lowest BCUT2D eigenvalue weighted by Crippen LogP contribution is -2.36. The Morgan fingerprint density at radius 1 is 1.25 bits per heavy atom. The zero-order chi connectivity index (χ0) is 17.7. The normalized spacial score (nSPS) is 11.8. The Bertz CT molecular complexity index is 697. The van der Waals surface area contributed by atoms with Gasteiger partial charge in [0.25, 0.3) is 0 Å². The molecule has 1 heterocycles. The first-order valence-electron chi connectivity index (χ1n) is 8.43. The van der Waals surface area contributed by atoms with E-state index in [1.807, 2.05) is 12.1 Å². The second-order valence-electron chi connectivity index (χ2n) is 7.08. The van der Waals surface area contributed by atoms with Crippen LogP contribution in [0.3, 0.4) is 0 Å². The average molecular weight is 333 g/mol. The van der Waals surface area contributed by atoms with Crippen LogP contribution in [-0.4, -0.2) is 29.8 Å². The van der Waals surface area contributed by atoms with Crippen molar-refractivity contribution >= 4 is 16.9 Å². The highest BCUT2D eigenvalue weighted by atomic mass is 16.5. The predicted octanol–water partition coefficient (Wildman–Crippen LogP) is 4.38. The van der Waals surface area contributed by atoms with Gasteiger partial charge in [-0.25, -0.2) is 4.79 Å². The number of benzene rings is 1. The van der Waals surface area contributed by atoms with Gasteiger partial charge in [0, 0.05) is 11.1 Å². The number of hydrogen-bond donors (Lipinski definition) is 2. The minimum atomic E-state index is -1.05. The quantitative estimate of drug-likeness (QED) is 0.702. The maximum absolute atomic E-state index is 11.2. The maximum Gasteiger partial charge on any atom is 0.372 e. The minimum Gasteiger partial charge on any atom is -0.493 e. The van der Waals surface area contributed by atoms with Crippen LogP contribution >= 0.6 is 0 Å². The molecule has 2 aromatic rings. The second-order valence-corrected chi connectivity index (χ2v) is 7.08. The van der Waals surface area contributed by atoms with Gasteiger partial charge < -0.3 is 19.6 Å². The standard InChI is InChI=1S/C19H27NO4/c1-13-16-14(9-8-10-15(16)24-17(13)18(21)22)23-12-7-5-6-11-20-19(2,3)4/h8-10,20H,5-7,11-12H2,1-4H3,(H,21,22). The third kappa shape index (κ3) is 4.74.